The lowest BCUT2D eigenvalue weighted by Crippen LogP contribution is -2.38. The molecule has 0 aliphatic heterocycles. The maximum Gasteiger partial charge on any atom is 0.113 e. The van der Waals surface area contributed by atoms with Gasteiger partial charge in [-0.25, -0.2) is 4.68 Å². The molecule has 0 amide bonds. The molecule has 1 aromatic heterocycles. The highest BCUT2D eigenvalue weighted by molar-refractivity contribution is 5.74. The van der Waals surface area contributed by atoms with Crippen molar-refractivity contribution in [2.45, 2.75) is 77.7 Å². The number of nitrogens with zero attached hydrogens (tertiary/aromatic N) is 3. The summed E-state index contributed by atoms with van der Waals surface area (Å²) < 4.78 is 2.24. The molecular weight excluding hydrogens is 426 g/mol. The zero-order valence-corrected chi connectivity index (χ0v) is 21.7. The van der Waals surface area contributed by atoms with Crippen molar-refractivity contribution in [2.24, 2.45) is 35.5 Å². The molecule has 0 N–H and O–H groups in total. The molecule has 7 unspecified atom stereocenters. The molecule has 3 aliphatic carbocycles. The third-order valence-electron chi connectivity index (χ3n) is 9.15. The highest BCUT2D eigenvalue weighted by Crippen LogP contribution is 2.52. The smallest absolute Gasteiger partial charge is 0.113 e. The predicted molar refractivity (Wildman–Crippen MR) is 147 cm³/mol. The topological polar surface area (TPSA) is 30.7 Å². The van der Waals surface area contributed by atoms with Crippen LogP contribution in [0, 0.1) is 35.5 Å². The number of para-hydroxylation sites is 1. The van der Waals surface area contributed by atoms with Crippen LogP contribution in [-0.4, -0.2) is 15.0 Å². The van der Waals surface area contributed by atoms with Gasteiger partial charge in [-0.15, -0.1) is 11.7 Å². The van der Waals surface area contributed by atoms with Gasteiger partial charge in [0.15, 0.2) is 0 Å². The van der Waals surface area contributed by atoms with E-state index in [9.17, 15) is 0 Å². The SMILES string of the molecule is C=CCCCC(C)C1C=C(C2CCCC(n3nnc4ccccc43)C2)C2CCC=CC2C1/C=C\C. The van der Waals surface area contributed by atoms with Gasteiger partial charge >= 0.3 is 0 Å². The fourth-order valence-corrected chi connectivity index (χ4v) is 7.44. The first-order chi connectivity index (χ1) is 17.2. The third-order valence-corrected chi connectivity index (χ3v) is 9.15. The van der Waals surface area contributed by atoms with E-state index < -0.39 is 0 Å². The number of allylic oxidation sites excluding steroid dienone is 7. The van der Waals surface area contributed by atoms with Crippen molar-refractivity contribution in [3.05, 3.63) is 72.9 Å². The van der Waals surface area contributed by atoms with Crippen molar-refractivity contribution in [3.8, 4) is 0 Å². The number of benzene rings is 1. The molecule has 1 saturated carbocycles. The number of fused-ring (bicyclic) bond motifs is 2. The average molecular weight is 470 g/mol. The van der Waals surface area contributed by atoms with Crippen LogP contribution in [0.25, 0.3) is 11.0 Å². The van der Waals surface area contributed by atoms with E-state index in [0.29, 0.717) is 41.5 Å². The van der Waals surface area contributed by atoms with Crippen molar-refractivity contribution in [1.29, 1.82) is 0 Å². The standard InChI is InChI=1S/C32H43N3/c1-4-6-7-14-23(3)29-22-30(28-18-9-8-17-27(28)26(29)13-5-2)24-15-12-16-25(21-24)35-32-20-11-10-19-31(32)33-34-35/h4-5,8,10-11,13,17,19-20,22-29H,1,6-7,9,12,14-16,18,21H2,2-3H3/b13-5-. The zero-order valence-electron chi connectivity index (χ0n) is 21.7. The van der Waals surface area contributed by atoms with Crippen molar-refractivity contribution in [3.63, 3.8) is 0 Å². The fraction of sp³-hybridized carbons (Fsp3) is 0.562. The lowest BCUT2D eigenvalue weighted by atomic mass is 9.58. The molecule has 1 fully saturated rings. The van der Waals surface area contributed by atoms with E-state index in [4.69, 9.17) is 0 Å². The van der Waals surface area contributed by atoms with Gasteiger partial charge in [-0.05, 0) is 106 Å². The molecule has 1 heterocycles. The minimum Gasteiger partial charge on any atom is -0.242 e. The third kappa shape index (κ3) is 4.97. The molecule has 1 aromatic carbocycles. The van der Waals surface area contributed by atoms with E-state index in [2.05, 4.69) is 96.1 Å². The summed E-state index contributed by atoms with van der Waals surface area (Å²) in [5.41, 5.74) is 4.00. The van der Waals surface area contributed by atoms with Crippen LogP contribution in [0.4, 0.5) is 0 Å². The highest BCUT2D eigenvalue weighted by Gasteiger charge is 2.42. The van der Waals surface area contributed by atoms with Gasteiger partial charge in [0.25, 0.3) is 0 Å². The van der Waals surface area contributed by atoms with Gasteiger partial charge in [-0.1, -0.05) is 72.7 Å². The van der Waals surface area contributed by atoms with Crippen LogP contribution in [0.2, 0.25) is 0 Å². The molecule has 7 atom stereocenters. The Bertz CT molecular complexity index is 1090. The highest BCUT2D eigenvalue weighted by atomic mass is 15.4. The van der Waals surface area contributed by atoms with Gasteiger partial charge in [0.05, 0.1) is 11.6 Å². The summed E-state index contributed by atoms with van der Waals surface area (Å²) in [7, 11) is 0. The van der Waals surface area contributed by atoms with Crippen molar-refractivity contribution in [2.75, 3.05) is 0 Å². The molecule has 3 aliphatic rings. The first kappa shape index (κ1) is 24.3. The Morgan fingerprint density at radius 3 is 2.94 bits per heavy atom. The Balaban J connectivity index is 1.45. The summed E-state index contributed by atoms with van der Waals surface area (Å²) in [6, 6.07) is 8.90. The molecule has 0 radical (unpaired) electrons. The monoisotopic (exact) mass is 469 g/mol. The Morgan fingerprint density at radius 2 is 2.09 bits per heavy atom. The van der Waals surface area contributed by atoms with Gasteiger partial charge in [0, 0.05) is 0 Å². The van der Waals surface area contributed by atoms with Gasteiger partial charge in [-0.3, -0.25) is 0 Å². The van der Waals surface area contributed by atoms with E-state index in [0.717, 1.165) is 11.9 Å². The lowest BCUT2D eigenvalue weighted by molar-refractivity contribution is 0.175. The minimum atomic E-state index is 0.455. The van der Waals surface area contributed by atoms with Crippen molar-refractivity contribution >= 4 is 11.0 Å². The Labute approximate surface area is 212 Å². The molecule has 3 nitrogen and oxygen atoms in total. The molecule has 2 aromatic rings. The first-order valence-corrected chi connectivity index (χ1v) is 14.1. The van der Waals surface area contributed by atoms with E-state index >= 15 is 0 Å². The lowest BCUT2D eigenvalue weighted by Gasteiger charge is -2.47. The Hall–Kier alpha value is -2.42. The van der Waals surface area contributed by atoms with Gasteiger partial charge in [0.2, 0.25) is 0 Å². The summed E-state index contributed by atoms with van der Waals surface area (Å²) in [6.45, 7) is 8.64. The molecule has 0 spiro atoms. The summed E-state index contributed by atoms with van der Waals surface area (Å²) >= 11 is 0. The summed E-state index contributed by atoms with van der Waals surface area (Å²) in [5, 5.41) is 9.09. The molecule has 35 heavy (non-hydrogen) atoms. The zero-order chi connectivity index (χ0) is 24.2. The number of unbranched alkanes of at least 4 members (excludes halogenated alkanes) is 1. The van der Waals surface area contributed by atoms with Gasteiger partial charge < -0.3 is 0 Å². The summed E-state index contributed by atoms with van der Waals surface area (Å²) in [5.74, 6) is 3.98. The summed E-state index contributed by atoms with van der Waals surface area (Å²) in [6.07, 6.45) is 26.0. The molecule has 5 rings (SSSR count). The van der Waals surface area contributed by atoms with Crippen LogP contribution in [0.5, 0.6) is 0 Å². The van der Waals surface area contributed by atoms with Crippen LogP contribution in [-0.2, 0) is 0 Å². The molecule has 3 heteroatoms. The van der Waals surface area contributed by atoms with Crippen molar-refractivity contribution < 1.29 is 0 Å². The van der Waals surface area contributed by atoms with Crippen LogP contribution >= 0.6 is 0 Å². The quantitative estimate of drug-likeness (QED) is 0.287. The predicted octanol–water partition coefficient (Wildman–Crippen LogP) is 8.49. The second kappa shape index (κ2) is 11.1. The maximum atomic E-state index is 4.62. The number of hydrogen-bond acceptors (Lipinski definition) is 2. The van der Waals surface area contributed by atoms with Gasteiger partial charge in [-0.2, -0.15) is 0 Å². The van der Waals surface area contributed by atoms with E-state index in [1.54, 1.807) is 5.57 Å². The fourth-order valence-electron chi connectivity index (χ4n) is 7.44. The average Bonchev–Trinajstić information content (AvgIpc) is 3.33. The van der Waals surface area contributed by atoms with E-state index in [1.807, 2.05) is 0 Å². The Morgan fingerprint density at radius 1 is 1.20 bits per heavy atom. The molecule has 0 saturated heterocycles. The molecular formula is C32H43N3. The number of rotatable bonds is 8. The van der Waals surface area contributed by atoms with Gasteiger partial charge in [0.1, 0.15) is 5.52 Å². The second-order valence-electron chi connectivity index (χ2n) is 11.3. The Kier molecular flexibility index (Phi) is 7.70. The number of aromatic nitrogens is 3. The maximum absolute atomic E-state index is 4.62. The van der Waals surface area contributed by atoms with Crippen molar-refractivity contribution in [1.82, 2.24) is 15.0 Å². The van der Waals surface area contributed by atoms with Crippen LogP contribution in [0.15, 0.2) is 72.9 Å². The van der Waals surface area contributed by atoms with Crippen LogP contribution in [0.3, 0.4) is 0 Å². The second-order valence-corrected chi connectivity index (χ2v) is 11.3. The summed E-state index contributed by atoms with van der Waals surface area (Å²) in [4.78, 5) is 0. The van der Waals surface area contributed by atoms with E-state index in [1.165, 1.54) is 56.9 Å². The molecule has 0 bridgehead atoms. The van der Waals surface area contributed by atoms with Crippen LogP contribution < -0.4 is 0 Å². The van der Waals surface area contributed by atoms with E-state index in [-0.39, 0.29) is 0 Å². The first-order valence-electron chi connectivity index (χ1n) is 14.1. The number of hydrogen-bond donors (Lipinski definition) is 0. The van der Waals surface area contributed by atoms with Crippen LogP contribution in [0.1, 0.15) is 77.7 Å². The normalized spacial score (nSPS) is 31.9. The molecule has 186 valence electrons. The minimum absolute atomic E-state index is 0.455. The largest absolute Gasteiger partial charge is 0.242 e.